The maximum Gasteiger partial charge on any atom is 0.231 e. The maximum absolute atomic E-state index is 13.4. The summed E-state index contributed by atoms with van der Waals surface area (Å²) in [6.07, 6.45) is 2.63. The number of carbonyl (C=O) groups is 1. The van der Waals surface area contributed by atoms with Gasteiger partial charge in [-0.25, -0.2) is 0 Å². The highest BCUT2D eigenvalue weighted by Gasteiger charge is 2.23. The SMILES string of the molecule is Cc1cc(-c2ccc(NC(=O)C(CC(C)C)c3cccc(CN4CCOCC4)c3)cc2)ccn1. The predicted octanol–water partition coefficient (Wildman–Crippen LogP) is 5.66. The summed E-state index contributed by atoms with van der Waals surface area (Å²) >= 11 is 0. The molecule has 1 N–H and O–H groups in total. The number of morpholine rings is 1. The molecule has 0 spiro atoms. The first-order valence-electron chi connectivity index (χ1n) is 12.2. The standard InChI is InChI=1S/C29H35N3O2/c1-21(2)17-28(26-6-4-5-23(19-26)20-32-13-15-34-16-14-32)29(33)31-27-9-7-24(8-10-27)25-11-12-30-22(3)18-25/h4-12,18-19,21,28H,13-17,20H2,1-3H3,(H,31,33). The van der Waals surface area contributed by atoms with Crippen LogP contribution in [0.1, 0.15) is 43.0 Å². The van der Waals surface area contributed by atoms with Crippen LogP contribution in [0.3, 0.4) is 0 Å². The molecule has 1 aliphatic rings. The molecule has 2 aromatic carbocycles. The van der Waals surface area contributed by atoms with E-state index in [-0.39, 0.29) is 11.8 Å². The van der Waals surface area contributed by atoms with Gasteiger partial charge >= 0.3 is 0 Å². The normalized spacial score (nSPS) is 15.3. The number of rotatable bonds is 8. The molecule has 34 heavy (non-hydrogen) atoms. The molecule has 4 rings (SSSR count). The molecule has 1 fully saturated rings. The summed E-state index contributed by atoms with van der Waals surface area (Å²) < 4.78 is 5.47. The number of nitrogens with zero attached hydrogens (tertiary/aromatic N) is 2. The van der Waals surface area contributed by atoms with Crippen LogP contribution >= 0.6 is 0 Å². The molecule has 0 radical (unpaired) electrons. The minimum Gasteiger partial charge on any atom is -0.379 e. The van der Waals surface area contributed by atoms with Crippen LogP contribution in [0.4, 0.5) is 5.69 Å². The van der Waals surface area contributed by atoms with Crippen LogP contribution in [0.25, 0.3) is 11.1 Å². The Morgan fingerprint density at radius 3 is 2.50 bits per heavy atom. The molecule has 1 aliphatic heterocycles. The van der Waals surface area contributed by atoms with E-state index in [1.807, 2.05) is 43.5 Å². The molecule has 0 aliphatic carbocycles. The van der Waals surface area contributed by atoms with E-state index in [0.717, 1.165) is 67.3 Å². The van der Waals surface area contributed by atoms with Gasteiger partial charge in [-0.2, -0.15) is 0 Å². The Hall–Kier alpha value is -3.02. The molecular formula is C29H35N3O2. The third kappa shape index (κ3) is 6.52. The predicted molar refractivity (Wildman–Crippen MR) is 138 cm³/mol. The largest absolute Gasteiger partial charge is 0.379 e. The Labute approximate surface area is 203 Å². The van der Waals surface area contributed by atoms with E-state index in [9.17, 15) is 4.79 Å². The van der Waals surface area contributed by atoms with Crippen molar-refractivity contribution in [2.45, 2.75) is 39.7 Å². The lowest BCUT2D eigenvalue weighted by Gasteiger charge is -2.27. The van der Waals surface area contributed by atoms with Crippen LogP contribution < -0.4 is 5.32 Å². The van der Waals surface area contributed by atoms with Crippen molar-refractivity contribution in [1.82, 2.24) is 9.88 Å². The van der Waals surface area contributed by atoms with Crippen molar-refractivity contribution in [3.05, 3.63) is 83.7 Å². The van der Waals surface area contributed by atoms with Gasteiger partial charge in [0.05, 0.1) is 19.1 Å². The summed E-state index contributed by atoms with van der Waals surface area (Å²) in [5.74, 6) is 0.271. The molecule has 0 bridgehead atoms. The fourth-order valence-electron chi connectivity index (χ4n) is 4.49. The number of benzene rings is 2. The number of hydrogen-bond acceptors (Lipinski definition) is 4. The average molecular weight is 458 g/mol. The zero-order chi connectivity index (χ0) is 23.9. The summed E-state index contributed by atoms with van der Waals surface area (Å²) in [7, 11) is 0. The highest BCUT2D eigenvalue weighted by atomic mass is 16.5. The summed E-state index contributed by atoms with van der Waals surface area (Å²) in [5.41, 5.74) is 6.37. The highest BCUT2D eigenvalue weighted by Crippen LogP contribution is 2.28. The minimum atomic E-state index is -0.188. The first-order chi connectivity index (χ1) is 16.5. The van der Waals surface area contributed by atoms with Crippen LogP contribution in [0, 0.1) is 12.8 Å². The number of carbonyl (C=O) groups excluding carboxylic acids is 1. The number of pyridine rings is 1. The number of aromatic nitrogens is 1. The lowest BCUT2D eigenvalue weighted by Crippen LogP contribution is -2.35. The molecule has 5 nitrogen and oxygen atoms in total. The van der Waals surface area contributed by atoms with Gasteiger partial charge in [0.25, 0.3) is 0 Å². The number of hydrogen-bond donors (Lipinski definition) is 1. The minimum absolute atomic E-state index is 0.0460. The molecule has 1 saturated heterocycles. The zero-order valence-corrected chi connectivity index (χ0v) is 20.5. The van der Waals surface area contributed by atoms with E-state index in [2.05, 4.69) is 59.4 Å². The van der Waals surface area contributed by atoms with Crippen molar-refractivity contribution in [2.24, 2.45) is 5.92 Å². The second-order valence-electron chi connectivity index (χ2n) is 9.57. The first-order valence-corrected chi connectivity index (χ1v) is 12.2. The summed E-state index contributed by atoms with van der Waals surface area (Å²) in [6, 6.07) is 20.6. The van der Waals surface area contributed by atoms with Crippen LogP contribution in [0.2, 0.25) is 0 Å². The number of anilines is 1. The maximum atomic E-state index is 13.4. The van der Waals surface area contributed by atoms with Crippen molar-refractivity contribution in [2.75, 3.05) is 31.6 Å². The second-order valence-corrected chi connectivity index (χ2v) is 9.57. The number of nitrogens with one attached hydrogen (secondary N) is 1. The van der Waals surface area contributed by atoms with Gasteiger partial charge in [-0.05, 0) is 65.8 Å². The summed E-state index contributed by atoms with van der Waals surface area (Å²) in [5, 5.41) is 3.16. The van der Waals surface area contributed by atoms with Crippen molar-refractivity contribution in [1.29, 1.82) is 0 Å². The van der Waals surface area contributed by atoms with Gasteiger partial charge in [-0.1, -0.05) is 50.2 Å². The van der Waals surface area contributed by atoms with E-state index in [4.69, 9.17) is 4.74 Å². The van der Waals surface area contributed by atoms with Crippen molar-refractivity contribution in [3.8, 4) is 11.1 Å². The van der Waals surface area contributed by atoms with E-state index >= 15 is 0 Å². The Morgan fingerprint density at radius 2 is 1.79 bits per heavy atom. The molecule has 1 aromatic heterocycles. The third-order valence-electron chi connectivity index (χ3n) is 6.27. The van der Waals surface area contributed by atoms with Gasteiger partial charge < -0.3 is 10.1 Å². The fraction of sp³-hybridized carbons (Fsp3) is 0.379. The quantitative estimate of drug-likeness (QED) is 0.474. The Bertz CT molecular complexity index is 1090. The highest BCUT2D eigenvalue weighted by molar-refractivity contribution is 5.96. The Kier molecular flexibility index (Phi) is 8.09. The number of amides is 1. The Morgan fingerprint density at radius 1 is 1.03 bits per heavy atom. The molecular weight excluding hydrogens is 422 g/mol. The molecule has 178 valence electrons. The first kappa shape index (κ1) is 24.1. The monoisotopic (exact) mass is 457 g/mol. The van der Waals surface area contributed by atoms with Gasteiger partial charge in [-0.3, -0.25) is 14.7 Å². The molecule has 2 heterocycles. The van der Waals surface area contributed by atoms with Gasteiger partial charge in [0.1, 0.15) is 0 Å². The van der Waals surface area contributed by atoms with Crippen molar-refractivity contribution in [3.63, 3.8) is 0 Å². The van der Waals surface area contributed by atoms with E-state index in [1.165, 1.54) is 5.56 Å². The summed E-state index contributed by atoms with van der Waals surface area (Å²) in [6.45, 7) is 10.7. The van der Waals surface area contributed by atoms with Crippen molar-refractivity contribution < 1.29 is 9.53 Å². The van der Waals surface area contributed by atoms with Gasteiger partial charge in [0.2, 0.25) is 5.91 Å². The average Bonchev–Trinajstić information content (AvgIpc) is 2.84. The van der Waals surface area contributed by atoms with Crippen LogP contribution in [-0.4, -0.2) is 42.1 Å². The van der Waals surface area contributed by atoms with E-state index < -0.39 is 0 Å². The summed E-state index contributed by atoms with van der Waals surface area (Å²) in [4.78, 5) is 20.1. The third-order valence-corrected chi connectivity index (χ3v) is 6.27. The lowest BCUT2D eigenvalue weighted by molar-refractivity contribution is -0.117. The van der Waals surface area contributed by atoms with Crippen LogP contribution in [0.15, 0.2) is 66.9 Å². The Balaban J connectivity index is 1.48. The number of aryl methyl sites for hydroxylation is 1. The van der Waals surface area contributed by atoms with E-state index in [1.54, 1.807) is 0 Å². The molecule has 0 saturated carbocycles. The zero-order valence-electron chi connectivity index (χ0n) is 20.5. The van der Waals surface area contributed by atoms with Gasteiger partial charge in [0, 0.05) is 37.2 Å². The van der Waals surface area contributed by atoms with Crippen molar-refractivity contribution >= 4 is 11.6 Å². The molecule has 3 aromatic rings. The van der Waals surface area contributed by atoms with E-state index in [0.29, 0.717) is 5.92 Å². The van der Waals surface area contributed by atoms with Crippen LogP contribution in [0.5, 0.6) is 0 Å². The molecule has 5 heteroatoms. The van der Waals surface area contributed by atoms with Gasteiger partial charge in [0.15, 0.2) is 0 Å². The second kappa shape index (κ2) is 11.4. The molecule has 1 atom stereocenters. The topological polar surface area (TPSA) is 54.5 Å². The molecule has 1 amide bonds. The fourth-order valence-corrected chi connectivity index (χ4v) is 4.49. The smallest absolute Gasteiger partial charge is 0.231 e. The molecule has 1 unspecified atom stereocenters. The van der Waals surface area contributed by atoms with Gasteiger partial charge in [-0.15, -0.1) is 0 Å². The van der Waals surface area contributed by atoms with Crippen LogP contribution in [-0.2, 0) is 16.1 Å². The number of ether oxygens (including phenoxy) is 1. The lowest BCUT2D eigenvalue weighted by atomic mass is 9.88.